The van der Waals surface area contributed by atoms with Gasteiger partial charge in [0.1, 0.15) is 11.4 Å². The first-order valence-corrected chi connectivity index (χ1v) is 7.98. The van der Waals surface area contributed by atoms with E-state index in [1.807, 2.05) is 38.5 Å². The fourth-order valence-electron chi connectivity index (χ4n) is 2.30. The number of rotatable bonds is 6. The van der Waals surface area contributed by atoms with E-state index in [9.17, 15) is 4.79 Å². The maximum absolute atomic E-state index is 11.6. The molecule has 24 heavy (non-hydrogen) atoms. The molecule has 1 aromatic heterocycles. The van der Waals surface area contributed by atoms with Crippen LogP contribution >= 0.6 is 0 Å². The van der Waals surface area contributed by atoms with Crippen LogP contribution in [0, 0.1) is 0 Å². The second-order valence-electron chi connectivity index (χ2n) is 6.92. The highest BCUT2D eigenvalue weighted by Gasteiger charge is 2.17. The number of aromatic nitrogens is 1. The van der Waals surface area contributed by atoms with E-state index in [1.54, 1.807) is 20.8 Å². The Morgan fingerprint density at radius 2 is 2.00 bits per heavy atom. The summed E-state index contributed by atoms with van der Waals surface area (Å²) in [5.74, 6) is 0.686. The van der Waals surface area contributed by atoms with Crippen LogP contribution in [0.1, 0.15) is 26.3 Å². The van der Waals surface area contributed by atoms with Crippen LogP contribution in [-0.4, -0.2) is 49.1 Å². The quantitative estimate of drug-likeness (QED) is 0.646. The number of carbonyl (C=O) groups is 1. The Balaban J connectivity index is 2.03. The summed E-state index contributed by atoms with van der Waals surface area (Å²) in [7, 11) is 4.09. The molecule has 6 heteroatoms. The second kappa shape index (κ2) is 7.57. The Morgan fingerprint density at radius 1 is 1.25 bits per heavy atom. The average Bonchev–Trinajstić information content (AvgIpc) is 2.87. The van der Waals surface area contributed by atoms with Crippen molar-refractivity contribution in [2.24, 2.45) is 0 Å². The average molecular weight is 334 g/mol. The van der Waals surface area contributed by atoms with Gasteiger partial charge in [-0.2, -0.15) is 0 Å². The van der Waals surface area contributed by atoms with E-state index in [0.717, 1.165) is 23.9 Å². The highest BCUT2D eigenvalue weighted by molar-refractivity contribution is 5.89. The van der Waals surface area contributed by atoms with Crippen LogP contribution in [0.3, 0.4) is 0 Å². The third-order valence-electron chi connectivity index (χ3n) is 3.36. The Hall–Kier alpha value is -2.21. The summed E-state index contributed by atoms with van der Waals surface area (Å²) in [6.45, 7) is 6.11. The van der Waals surface area contributed by atoms with Crippen molar-refractivity contribution in [3.8, 4) is 5.75 Å². The molecular weight excluding hydrogens is 308 g/mol. The van der Waals surface area contributed by atoms with Crippen molar-refractivity contribution in [2.45, 2.75) is 32.8 Å². The van der Waals surface area contributed by atoms with Crippen molar-refractivity contribution in [3.05, 3.63) is 30.0 Å². The van der Waals surface area contributed by atoms with Crippen molar-refractivity contribution < 1.29 is 19.0 Å². The number of nitrogens with zero attached hydrogens (tertiary/aromatic N) is 1. The Morgan fingerprint density at radius 3 is 2.67 bits per heavy atom. The standard InChI is InChI=1S/C18H26N2O4/c1-18(2,3)24-17(21)23-12-22-15-8-6-7-14-16(15)13(11-19-14)9-10-20(4)5/h6-8,11,19H,9-10,12H2,1-5H3. The van der Waals surface area contributed by atoms with Crippen molar-refractivity contribution in [1.82, 2.24) is 9.88 Å². The third kappa shape index (κ3) is 5.16. The zero-order valence-corrected chi connectivity index (χ0v) is 15.0. The number of H-pyrrole nitrogens is 1. The smallest absolute Gasteiger partial charge is 0.457 e. The summed E-state index contributed by atoms with van der Waals surface area (Å²) in [4.78, 5) is 17.0. The maximum Gasteiger partial charge on any atom is 0.511 e. The molecule has 0 aliphatic heterocycles. The number of benzene rings is 1. The first-order chi connectivity index (χ1) is 11.3. The topological polar surface area (TPSA) is 63.8 Å². The summed E-state index contributed by atoms with van der Waals surface area (Å²) < 4.78 is 15.7. The summed E-state index contributed by atoms with van der Waals surface area (Å²) in [6.07, 6.45) is 2.16. The zero-order chi connectivity index (χ0) is 17.7. The molecule has 1 aromatic carbocycles. The van der Waals surface area contributed by atoms with Gasteiger partial charge in [0.05, 0.1) is 0 Å². The number of hydrogen-bond acceptors (Lipinski definition) is 5. The van der Waals surface area contributed by atoms with Gasteiger partial charge in [-0.25, -0.2) is 4.79 Å². The molecule has 1 heterocycles. The van der Waals surface area contributed by atoms with E-state index in [4.69, 9.17) is 14.2 Å². The van der Waals surface area contributed by atoms with Gasteiger partial charge >= 0.3 is 6.16 Å². The second-order valence-corrected chi connectivity index (χ2v) is 6.92. The number of ether oxygens (including phenoxy) is 3. The van der Waals surface area contributed by atoms with Gasteiger partial charge in [0.25, 0.3) is 0 Å². The summed E-state index contributed by atoms with van der Waals surface area (Å²) in [5.41, 5.74) is 1.59. The number of nitrogens with one attached hydrogen (secondary N) is 1. The monoisotopic (exact) mass is 334 g/mol. The van der Waals surface area contributed by atoms with E-state index in [0.29, 0.717) is 5.75 Å². The highest BCUT2D eigenvalue weighted by Crippen LogP contribution is 2.29. The lowest BCUT2D eigenvalue weighted by atomic mass is 10.1. The fourth-order valence-corrected chi connectivity index (χ4v) is 2.30. The maximum atomic E-state index is 11.6. The third-order valence-corrected chi connectivity index (χ3v) is 3.36. The van der Waals surface area contributed by atoms with Gasteiger partial charge in [-0.3, -0.25) is 0 Å². The molecule has 0 bridgehead atoms. The van der Waals surface area contributed by atoms with Crippen molar-refractivity contribution in [2.75, 3.05) is 27.4 Å². The predicted molar refractivity (Wildman–Crippen MR) is 93.4 cm³/mol. The van der Waals surface area contributed by atoms with Gasteiger partial charge in [0.2, 0.25) is 6.79 Å². The molecule has 132 valence electrons. The lowest BCUT2D eigenvalue weighted by Crippen LogP contribution is -2.25. The molecule has 0 fully saturated rings. The van der Waals surface area contributed by atoms with Gasteiger partial charge in [-0.05, 0) is 59.0 Å². The first kappa shape index (κ1) is 18.1. The molecule has 0 amide bonds. The lowest BCUT2D eigenvalue weighted by Gasteiger charge is -2.19. The molecule has 6 nitrogen and oxygen atoms in total. The number of likely N-dealkylation sites (N-methyl/N-ethyl adjacent to an activating group) is 1. The molecular formula is C18H26N2O4. The largest absolute Gasteiger partial charge is 0.511 e. The number of fused-ring (bicyclic) bond motifs is 1. The zero-order valence-electron chi connectivity index (χ0n) is 15.0. The molecule has 0 saturated heterocycles. The van der Waals surface area contributed by atoms with Crippen molar-refractivity contribution >= 4 is 17.1 Å². The van der Waals surface area contributed by atoms with Crippen LogP contribution in [0.4, 0.5) is 4.79 Å². The minimum atomic E-state index is -0.739. The van der Waals surface area contributed by atoms with E-state index < -0.39 is 11.8 Å². The molecule has 0 spiro atoms. The van der Waals surface area contributed by atoms with E-state index >= 15 is 0 Å². The number of hydrogen-bond donors (Lipinski definition) is 1. The molecule has 0 atom stereocenters. The highest BCUT2D eigenvalue weighted by atomic mass is 16.8. The lowest BCUT2D eigenvalue weighted by molar-refractivity contribution is -0.0358. The van der Waals surface area contributed by atoms with Crippen LogP contribution in [0.5, 0.6) is 5.75 Å². The van der Waals surface area contributed by atoms with E-state index in [2.05, 4.69) is 9.88 Å². The number of carbonyl (C=O) groups excluding carboxylic acids is 1. The van der Waals surface area contributed by atoms with Crippen molar-refractivity contribution in [1.29, 1.82) is 0 Å². The Labute approximate surface area is 142 Å². The SMILES string of the molecule is CN(C)CCc1c[nH]c2cccc(OCOC(=O)OC(C)(C)C)c12. The van der Waals surface area contributed by atoms with Gasteiger partial charge in [0.15, 0.2) is 0 Å². The van der Waals surface area contributed by atoms with Crippen molar-refractivity contribution in [3.63, 3.8) is 0 Å². The van der Waals surface area contributed by atoms with Crippen LogP contribution in [0.15, 0.2) is 24.4 Å². The van der Waals surface area contributed by atoms with Crippen LogP contribution in [-0.2, 0) is 15.9 Å². The predicted octanol–water partition coefficient (Wildman–Crippen LogP) is 3.56. The summed E-state index contributed by atoms with van der Waals surface area (Å²) in [5, 5.41) is 1.02. The molecule has 2 rings (SSSR count). The van der Waals surface area contributed by atoms with E-state index in [-0.39, 0.29) is 6.79 Å². The molecule has 0 radical (unpaired) electrons. The summed E-state index contributed by atoms with van der Waals surface area (Å²) >= 11 is 0. The number of aromatic amines is 1. The fraction of sp³-hybridized carbons (Fsp3) is 0.500. The molecule has 0 unspecified atom stereocenters. The molecule has 0 saturated carbocycles. The van der Waals surface area contributed by atoms with Crippen LogP contribution < -0.4 is 4.74 Å². The Kier molecular flexibility index (Phi) is 5.72. The van der Waals surface area contributed by atoms with Crippen LogP contribution in [0.25, 0.3) is 10.9 Å². The van der Waals surface area contributed by atoms with Gasteiger partial charge in [-0.1, -0.05) is 6.07 Å². The molecule has 0 aliphatic rings. The van der Waals surface area contributed by atoms with Gasteiger partial charge in [0, 0.05) is 23.6 Å². The summed E-state index contributed by atoms with van der Waals surface area (Å²) in [6, 6.07) is 5.77. The van der Waals surface area contributed by atoms with Crippen LogP contribution in [0.2, 0.25) is 0 Å². The van der Waals surface area contributed by atoms with E-state index in [1.165, 1.54) is 5.56 Å². The molecule has 2 aromatic rings. The molecule has 1 N–H and O–H groups in total. The Bertz CT molecular complexity index is 686. The normalized spacial score (nSPS) is 11.8. The van der Waals surface area contributed by atoms with Gasteiger partial charge in [-0.15, -0.1) is 0 Å². The first-order valence-electron chi connectivity index (χ1n) is 7.98. The molecule has 0 aliphatic carbocycles. The minimum Gasteiger partial charge on any atom is -0.457 e. The minimum absolute atomic E-state index is 0.188. The van der Waals surface area contributed by atoms with Gasteiger partial charge < -0.3 is 24.1 Å².